The van der Waals surface area contributed by atoms with Gasteiger partial charge >= 0.3 is 5.97 Å². The summed E-state index contributed by atoms with van der Waals surface area (Å²) >= 11 is 0. The third-order valence-corrected chi connectivity index (χ3v) is 3.66. The highest BCUT2D eigenvalue weighted by molar-refractivity contribution is 6.01. The molecule has 1 aromatic heterocycles. The van der Waals surface area contributed by atoms with Crippen molar-refractivity contribution in [3.8, 4) is 0 Å². The standard InChI is InChI=1S/C15H22N2O4/c1-4-20-15(19)13-9(2)12(10(3)17-13)14(18)16-8-11-6-5-7-21-11/h11,17H,4-8H2,1-3H3,(H,16,18)/t11-/m1/s1. The number of aromatic amines is 1. The summed E-state index contributed by atoms with van der Waals surface area (Å²) in [5, 5.41) is 2.87. The molecule has 1 aliphatic rings. The lowest BCUT2D eigenvalue weighted by molar-refractivity contribution is 0.0519. The molecule has 21 heavy (non-hydrogen) atoms. The van der Waals surface area contributed by atoms with Crippen LogP contribution in [0.3, 0.4) is 0 Å². The molecule has 116 valence electrons. The highest BCUT2D eigenvalue weighted by Gasteiger charge is 2.23. The molecule has 2 heterocycles. The second-order valence-electron chi connectivity index (χ2n) is 5.19. The van der Waals surface area contributed by atoms with Crippen LogP contribution in [0.4, 0.5) is 0 Å². The average Bonchev–Trinajstić information content (AvgIpc) is 3.05. The molecule has 1 aliphatic heterocycles. The minimum absolute atomic E-state index is 0.0954. The normalized spacial score (nSPS) is 17.8. The zero-order valence-electron chi connectivity index (χ0n) is 12.7. The van der Waals surface area contributed by atoms with E-state index in [1.165, 1.54) is 0 Å². The third-order valence-electron chi connectivity index (χ3n) is 3.66. The SMILES string of the molecule is CCOC(=O)c1[nH]c(C)c(C(=O)NC[C@H]2CCCO2)c1C. The Morgan fingerprint density at radius 3 is 2.81 bits per heavy atom. The first-order valence-corrected chi connectivity index (χ1v) is 7.30. The first kappa shape index (κ1) is 15.6. The number of aromatic nitrogens is 1. The van der Waals surface area contributed by atoms with Crippen LogP contribution in [0.1, 0.15) is 51.9 Å². The van der Waals surface area contributed by atoms with E-state index in [0.717, 1.165) is 19.4 Å². The fourth-order valence-corrected chi connectivity index (χ4v) is 2.60. The topological polar surface area (TPSA) is 80.4 Å². The van der Waals surface area contributed by atoms with Crippen LogP contribution >= 0.6 is 0 Å². The van der Waals surface area contributed by atoms with Crippen molar-refractivity contribution in [1.82, 2.24) is 10.3 Å². The number of amides is 1. The number of hydrogen-bond donors (Lipinski definition) is 2. The summed E-state index contributed by atoms with van der Waals surface area (Å²) in [6, 6.07) is 0. The molecule has 1 amide bonds. The number of H-pyrrole nitrogens is 1. The van der Waals surface area contributed by atoms with E-state index in [2.05, 4.69) is 10.3 Å². The molecule has 1 aromatic rings. The maximum Gasteiger partial charge on any atom is 0.355 e. The van der Waals surface area contributed by atoms with E-state index >= 15 is 0 Å². The highest BCUT2D eigenvalue weighted by atomic mass is 16.5. The smallest absolute Gasteiger partial charge is 0.355 e. The second-order valence-corrected chi connectivity index (χ2v) is 5.19. The van der Waals surface area contributed by atoms with Crippen LogP contribution in [0.2, 0.25) is 0 Å². The maximum absolute atomic E-state index is 12.3. The minimum atomic E-state index is -0.434. The molecule has 1 fully saturated rings. The van der Waals surface area contributed by atoms with Gasteiger partial charge in [0.1, 0.15) is 5.69 Å². The summed E-state index contributed by atoms with van der Waals surface area (Å²) < 4.78 is 10.5. The van der Waals surface area contributed by atoms with E-state index < -0.39 is 5.97 Å². The molecule has 0 unspecified atom stereocenters. The van der Waals surface area contributed by atoms with Gasteiger partial charge in [-0.25, -0.2) is 4.79 Å². The van der Waals surface area contributed by atoms with Crippen molar-refractivity contribution >= 4 is 11.9 Å². The Bertz CT molecular complexity index is 530. The van der Waals surface area contributed by atoms with Crippen molar-refractivity contribution in [2.24, 2.45) is 0 Å². The van der Waals surface area contributed by atoms with Gasteiger partial charge < -0.3 is 19.8 Å². The van der Waals surface area contributed by atoms with Crippen molar-refractivity contribution in [2.75, 3.05) is 19.8 Å². The number of ether oxygens (including phenoxy) is 2. The Morgan fingerprint density at radius 1 is 1.43 bits per heavy atom. The summed E-state index contributed by atoms with van der Waals surface area (Å²) in [6.45, 7) is 6.83. The van der Waals surface area contributed by atoms with Gasteiger partial charge in [0, 0.05) is 18.8 Å². The number of aryl methyl sites for hydroxylation is 1. The van der Waals surface area contributed by atoms with Crippen LogP contribution in [0, 0.1) is 13.8 Å². The largest absolute Gasteiger partial charge is 0.461 e. The molecule has 1 atom stereocenters. The van der Waals surface area contributed by atoms with Crippen molar-refractivity contribution < 1.29 is 19.1 Å². The maximum atomic E-state index is 12.3. The van der Waals surface area contributed by atoms with Crippen LogP contribution < -0.4 is 5.32 Å². The number of nitrogens with one attached hydrogen (secondary N) is 2. The molecule has 0 aromatic carbocycles. The van der Waals surface area contributed by atoms with E-state index in [9.17, 15) is 9.59 Å². The molecule has 0 bridgehead atoms. The summed E-state index contributed by atoms with van der Waals surface area (Å²) in [6.07, 6.45) is 2.10. The quantitative estimate of drug-likeness (QED) is 0.810. The van der Waals surface area contributed by atoms with E-state index in [-0.39, 0.29) is 12.0 Å². The van der Waals surface area contributed by atoms with E-state index in [0.29, 0.717) is 35.7 Å². The molecule has 6 nitrogen and oxygen atoms in total. The first-order chi connectivity index (χ1) is 10.0. The van der Waals surface area contributed by atoms with Crippen molar-refractivity contribution in [1.29, 1.82) is 0 Å². The lowest BCUT2D eigenvalue weighted by Gasteiger charge is -2.11. The van der Waals surface area contributed by atoms with E-state index in [1.54, 1.807) is 20.8 Å². The summed E-state index contributed by atoms with van der Waals surface area (Å²) in [5.74, 6) is -0.622. The van der Waals surface area contributed by atoms with E-state index in [4.69, 9.17) is 9.47 Å². The summed E-state index contributed by atoms with van der Waals surface area (Å²) in [4.78, 5) is 27.1. The monoisotopic (exact) mass is 294 g/mol. The molecule has 1 saturated heterocycles. The zero-order chi connectivity index (χ0) is 15.4. The predicted molar refractivity (Wildman–Crippen MR) is 77.5 cm³/mol. The second kappa shape index (κ2) is 6.76. The molecular formula is C15H22N2O4. The van der Waals surface area contributed by atoms with Gasteiger partial charge in [-0.15, -0.1) is 0 Å². The lowest BCUT2D eigenvalue weighted by Crippen LogP contribution is -2.32. The Labute approximate surface area is 124 Å². The Hall–Kier alpha value is -1.82. The molecule has 2 rings (SSSR count). The van der Waals surface area contributed by atoms with E-state index in [1.807, 2.05) is 0 Å². The third kappa shape index (κ3) is 3.44. The van der Waals surface area contributed by atoms with Crippen molar-refractivity contribution in [3.63, 3.8) is 0 Å². The Morgan fingerprint density at radius 2 is 2.19 bits per heavy atom. The van der Waals surface area contributed by atoms with Crippen molar-refractivity contribution in [3.05, 3.63) is 22.5 Å². The Balaban J connectivity index is 2.07. The number of esters is 1. The fraction of sp³-hybridized carbons (Fsp3) is 0.600. The van der Waals surface area contributed by atoms with Gasteiger partial charge in [-0.3, -0.25) is 4.79 Å². The van der Waals surface area contributed by atoms with Crippen LogP contribution in [0.25, 0.3) is 0 Å². The van der Waals surface area contributed by atoms with Gasteiger partial charge in [0.25, 0.3) is 5.91 Å². The lowest BCUT2D eigenvalue weighted by atomic mass is 10.1. The van der Waals surface area contributed by atoms with Gasteiger partial charge in [0.2, 0.25) is 0 Å². The van der Waals surface area contributed by atoms with Crippen LogP contribution in [0.15, 0.2) is 0 Å². The van der Waals surface area contributed by atoms with Crippen LogP contribution in [-0.4, -0.2) is 42.7 Å². The van der Waals surface area contributed by atoms with Crippen LogP contribution in [-0.2, 0) is 9.47 Å². The van der Waals surface area contributed by atoms with Gasteiger partial charge in [-0.2, -0.15) is 0 Å². The highest BCUT2D eigenvalue weighted by Crippen LogP contribution is 2.19. The molecule has 0 saturated carbocycles. The molecule has 6 heteroatoms. The summed E-state index contributed by atoms with van der Waals surface area (Å²) in [5.41, 5.74) is 2.14. The van der Waals surface area contributed by atoms with Gasteiger partial charge in [-0.05, 0) is 39.2 Å². The number of rotatable bonds is 5. The van der Waals surface area contributed by atoms with Crippen LogP contribution in [0.5, 0.6) is 0 Å². The molecule has 0 spiro atoms. The molecular weight excluding hydrogens is 272 g/mol. The van der Waals surface area contributed by atoms with Gasteiger partial charge in [-0.1, -0.05) is 0 Å². The number of carbonyl (C=O) groups is 2. The number of carbonyl (C=O) groups excluding carboxylic acids is 2. The van der Waals surface area contributed by atoms with Gasteiger partial charge in [0.15, 0.2) is 0 Å². The summed E-state index contributed by atoms with van der Waals surface area (Å²) in [7, 11) is 0. The molecule has 0 radical (unpaired) electrons. The number of hydrogen-bond acceptors (Lipinski definition) is 4. The van der Waals surface area contributed by atoms with Gasteiger partial charge in [0.05, 0.1) is 18.3 Å². The predicted octanol–water partition coefficient (Wildman–Crippen LogP) is 1.72. The fourth-order valence-electron chi connectivity index (χ4n) is 2.60. The Kier molecular flexibility index (Phi) is 5.01. The average molecular weight is 294 g/mol. The molecule has 0 aliphatic carbocycles. The first-order valence-electron chi connectivity index (χ1n) is 7.30. The minimum Gasteiger partial charge on any atom is -0.461 e. The zero-order valence-corrected chi connectivity index (χ0v) is 12.7. The van der Waals surface area contributed by atoms with Crippen molar-refractivity contribution in [2.45, 2.75) is 39.7 Å². The molecule has 2 N–H and O–H groups in total.